The van der Waals surface area contributed by atoms with Crippen LogP contribution in [0.3, 0.4) is 0 Å². The van der Waals surface area contributed by atoms with Gasteiger partial charge in [0.25, 0.3) is 0 Å². The summed E-state index contributed by atoms with van der Waals surface area (Å²) in [5, 5.41) is 9.52. The molecule has 1 aromatic rings. The van der Waals surface area contributed by atoms with Crippen molar-refractivity contribution in [3.8, 4) is 0 Å². The normalized spacial score (nSPS) is 28.7. The third kappa shape index (κ3) is 3.29. The van der Waals surface area contributed by atoms with Crippen molar-refractivity contribution in [2.24, 2.45) is 11.8 Å². The summed E-state index contributed by atoms with van der Waals surface area (Å²) in [6.07, 6.45) is 6.90. The Morgan fingerprint density at radius 2 is 2.00 bits per heavy atom. The minimum absolute atomic E-state index is 0.214. The molecule has 0 bridgehead atoms. The molecule has 1 heterocycles. The number of aliphatic carboxylic acids is 1. The number of hydrogen-bond donors (Lipinski definition) is 1. The molecule has 0 radical (unpaired) electrons. The largest absolute Gasteiger partial charge is 0.480 e. The molecule has 1 aromatic carbocycles. The molecule has 0 spiro atoms. The number of carboxylic acid groups (broad SMARTS) is 1. The van der Waals surface area contributed by atoms with Crippen LogP contribution in [0, 0.1) is 11.8 Å². The molecule has 3 atom stereocenters. The third-order valence-electron chi connectivity index (χ3n) is 5.24. The van der Waals surface area contributed by atoms with E-state index in [1.165, 1.54) is 18.4 Å². The first-order chi connectivity index (χ1) is 10.3. The molecule has 21 heavy (non-hydrogen) atoms. The lowest BCUT2D eigenvalue weighted by atomic mass is 9.94. The molecule has 2 fully saturated rings. The Morgan fingerprint density at radius 3 is 2.76 bits per heavy atom. The summed E-state index contributed by atoms with van der Waals surface area (Å²) in [6, 6.07) is 10.3. The monoisotopic (exact) mass is 287 g/mol. The third-order valence-corrected chi connectivity index (χ3v) is 5.24. The van der Waals surface area contributed by atoms with E-state index in [-0.39, 0.29) is 6.04 Å². The van der Waals surface area contributed by atoms with Crippen LogP contribution in [0.5, 0.6) is 0 Å². The van der Waals surface area contributed by atoms with Gasteiger partial charge in [0.2, 0.25) is 0 Å². The highest BCUT2D eigenvalue weighted by Gasteiger charge is 2.47. The van der Waals surface area contributed by atoms with Crippen LogP contribution in [0.4, 0.5) is 0 Å². The molecule has 1 saturated heterocycles. The summed E-state index contributed by atoms with van der Waals surface area (Å²) < 4.78 is 0. The Kier molecular flexibility index (Phi) is 4.59. The number of rotatable bonds is 6. The lowest BCUT2D eigenvalue weighted by molar-refractivity contribution is -0.143. The predicted octanol–water partition coefficient (Wildman–Crippen LogP) is 3.19. The van der Waals surface area contributed by atoms with Crippen molar-refractivity contribution in [3.63, 3.8) is 0 Å². The van der Waals surface area contributed by atoms with Crippen LogP contribution in [0.25, 0.3) is 0 Å². The summed E-state index contributed by atoms with van der Waals surface area (Å²) >= 11 is 0. The number of unbranched alkanes of at least 4 members (excludes halogenated alkanes) is 1. The molecule has 1 aliphatic heterocycles. The number of fused-ring (bicyclic) bond motifs is 1. The fraction of sp³-hybridized carbons (Fsp3) is 0.611. The number of aryl methyl sites for hydroxylation is 1. The van der Waals surface area contributed by atoms with Gasteiger partial charge in [-0.1, -0.05) is 36.8 Å². The van der Waals surface area contributed by atoms with Gasteiger partial charge in [0.1, 0.15) is 6.04 Å². The Labute approximate surface area is 127 Å². The zero-order valence-electron chi connectivity index (χ0n) is 12.6. The minimum atomic E-state index is -0.604. The molecule has 0 amide bonds. The van der Waals surface area contributed by atoms with Gasteiger partial charge >= 0.3 is 5.97 Å². The standard InChI is InChI=1S/C18H25NO2/c20-18(21)17-16-11-6-10-15(16)13-19(17)12-5-4-9-14-7-2-1-3-8-14/h1-3,7-8,15-17H,4-6,9-13H2,(H,20,21). The first kappa shape index (κ1) is 14.6. The van der Waals surface area contributed by atoms with Gasteiger partial charge in [-0.05, 0) is 56.0 Å². The quantitative estimate of drug-likeness (QED) is 0.817. The number of nitrogens with zero attached hydrogens (tertiary/aromatic N) is 1. The number of benzene rings is 1. The highest BCUT2D eigenvalue weighted by molar-refractivity contribution is 5.74. The van der Waals surface area contributed by atoms with E-state index in [0.29, 0.717) is 11.8 Å². The van der Waals surface area contributed by atoms with Crippen molar-refractivity contribution in [2.75, 3.05) is 13.1 Å². The maximum absolute atomic E-state index is 11.6. The van der Waals surface area contributed by atoms with Gasteiger partial charge in [-0.3, -0.25) is 9.69 Å². The number of carboxylic acids is 1. The fourth-order valence-corrected chi connectivity index (χ4v) is 4.25. The van der Waals surface area contributed by atoms with Crippen LogP contribution < -0.4 is 0 Å². The van der Waals surface area contributed by atoms with E-state index in [0.717, 1.165) is 38.8 Å². The first-order valence-corrected chi connectivity index (χ1v) is 8.26. The van der Waals surface area contributed by atoms with Crippen LogP contribution in [0.1, 0.15) is 37.7 Å². The molecule has 0 aromatic heterocycles. The van der Waals surface area contributed by atoms with Crippen LogP contribution in [-0.4, -0.2) is 35.1 Å². The van der Waals surface area contributed by atoms with Gasteiger partial charge in [0.15, 0.2) is 0 Å². The van der Waals surface area contributed by atoms with Gasteiger partial charge < -0.3 is 5.11 Å². The number of likely N-dealkylation sites (tertiary alicyclic amines) is 1. The second kappa shape index (κ2) is 6.61. The van der Waals surface area contributed by atoms with Gasteiger partial charge in [-0.2, -0.15) is 0 Å². The minimum Gasteiger partial charge on any atom is -0.480 e. The summed E-state index contributed by atoms with van der Waals surface area (Å²) in [6.45, 7) is 1.95. The molecule has 2 aliphatic rings. The Balaban J connectivity index is 1.47. The Morgan fingerprint density at radius 1 is 1.19 bits per heavy atom. The van der Waals surface area contributed by atoms with E-state index in [2.05, 4.69) is 29.2 Å². The second-order valence-corrected chi connectivity index (χ2v) is 6.58. The molecule has 3 rings (SSSR count). The number of hydrogen-bond acceptors (Lipinski definition) is 2. The van der Waals surface area contributed by atoms with Crippen molar-refractivity contribution in [2.45, 2.75) is 44.6 Å². The molecule has 1 saturated carbocycles. The zero-order valence-corrected chi connectivity index (χ0v) is 12.6. The highest BCUT2D eigenvalue weighted by atomic mass is 16.4. The zero-order chi connectivity index (χ0) is 14.7. The molecule has 114 valence electrons. The van der Waals surface area contributed by atoms with E-state index >= 15 is 0 Å². The predicted molar refractivity (Wildman–Crippen MR) is 83.2 cm³/mol. The van der Waals surface area contributed by atoms with Crippen molar-refractivity contribution >= 4 is 5.97 Å². The maximum Gasteiger partial charge on any atom is 0.321 e. The average Bonchev–Trinajstić information content (AvgIpc) is 3.04. The van der Waals surface area contributed by atoms with Crippen LogP contribution in [-0.2, 0) is 11.2 Å². The highest BCUT2D eigenvalue weighted by Crippen LogP contribution is 2.42. The summed E-state index contributed by atoms with van der Waals surface area (Å²) in [5.41, 5.74) is 1.38. The van der Waals surface area contributed by atoms with Crippen LogP contribution in [0.2, 0.25) is 0 Å². The van der Waals surface area contributed by atoms with E-state index in [1.807, 2.05) is 6.07 Å². The lowest BCUT2D eigenvalue weighted by Gasteiger charge is -2.24. The smallest absolute Gasteiger partial charge is 0.321 e. The lowest BCUT2D eigenvalue weighted by Crippen LogP contribution is -2.40. The topological polar surface area (TPSA) is 40.5 Å². The molecule has 3 heteroatoms. The van der Waals surface area contributed by atoms with Gasteiger partial charge in [-0.15, -0.1) is 0 Å². The van der Waals surface area contributed by atoms with Crippen molar-refractivity contribution in [1.82, 2.24) is 4.90 Å². The van der Waals surface area contributed by atoms with E-state index < -0.39 is 5.97 Å². The summed E-state index contributed by atoms with van der Waals surface area (Å²) in [5.74, 6) is 0.448. The second-order valence-electron chi connectivity index (χ2n) is 6.58. The van der Waals surface area contributed by atoms with Gasteiger partial charge in [0, 0.05) is 6.54 Å². The van der Waals surface area contributed by atoms with Crippen molar-refractivity contribution in [1.29, 1.82) is 0 Å². The van der Waals surface area contributed by atoms with Crippen molar-refractivity contribution < 1.29 is 9.90 Å². The molecular weight excluding hydrogens is 262 g/mol. The van der Waals surface area contributed by atoms with Crippen molar-refractivity contribution in [3.05, 3.63) is 35.9 Å². The van der Waals surface area contributed by atoms with E-state index in [9.17, 15) is 9.90 Å². The Bertz CT molecular complexity index is 473. The van der Waals surface area contributed by atoms with Gasteiger partial charge in [0.05, 0.1) is 0 Å². The molecule has 3 unspecified atom stereocenters. The molecule has 3 nitrogen and oxygen atoms in total. The van der Waals surface area contributed by atoms with E-state index in [4.69, 9.17) is 0 Å². The summed E-state index contributed by atoms with van der Waals surface area (Å²) in [7, 11) is 0. The number of carbonyl (C=O) groups is 1. The fourth-order valence-electron chi connectivity index (χ4n) is 4.25. The maximum atomic E-state index is 11.6. The average molecular weight is 287 g/mol. The Hall–Kier alpha value is -1.35. The first-order valence-electron chi connectivity index (χ1n) is 8.26. The molecule has 1 N–H and O–H groups in total. The van der Waals surface area contributed by atoms with Crippen LogP contribution >= 0.6 is 0 Å². The molecular formula is C18H25NO2. The van der Waals surface area contributed by atoms with E-state index in [1.54, 1.807) is 0 Å². The van der Waals surface area contributed by atoms with Gasteiger partial charge in [-0.25, -0.2) is 0 Å². The molecule has 1 aliphatic carbocycles. The van der Waals surface area contributed by atoms with Crippen LogP contribution in [0.15, 0.2) is 30.3 Å². The summed E-state index contributed by atoms with van der Waals surface area (Å²) in [4.78, 5) is 13.8. The SMILES string of the molecule is O=C(O)C1C2CCCC2CN1CCCCc1ccccc1.